The lowest BCUT2D eigenvalue weighted by Crippen LogP contribution is -2.46. The van der Waals surface area contributed by atoms with E-state index in [1.165, 1.54) is 0 Å². The number of carboxylic acid groups (broad SMARTS) is 1. The molecule has 0 spiro atoms. The predicted octanol–water partition coefficient (Wildman–Crippen LogP) is 6.80. The Bertz CT molecular complexity index is 1480. The first-order valence-electron chi connectivity index (χ1n) is 12.8. The number of aromatic nitrogens is 1. The summed E-state index contributed by atoms with van der Waals surface area (Å²) >= 11 is 12.9. The second-order valence-electron chi connectivity index (χ2n) is 10.3. The first-order valence-corrected chi connectivity index (χ1v) is 13.6. The molecule has 0 bridgehead atoms. The lowest BCUT2D eigenvalue weighted by molar-refractivity contribution is -0.143. The van der Waals surface area contributed by atoms with Crippen molar-refractivity contribution in [2.45, 2.75) is 45.7 Å². The minimum absolute atomic E-state index is 0.0841. The molecule has 38 heavy (non-hydrogen) atoms. The Kier molecular flexibility index (Phi) is 7.51. The fourth-order valence-corrected chi connectivity index (χ4v) is 6.32. The summed E-state index contributed by atoms with van der Waals surface area (Å²) in [6, 6.07) is 23.4. The van der Waals surface area contributed by atoms with E-state index in [2.05, 4.69) is 0 Å². The number of halogens is 2. The molecular weight excluding hydrogens is 519 g/mol. The number of rotatable bonds is 8. The third-order valence-electron chi connectivity index (χ3n) is 7.68. The largest absolute Gasteiger partial charge is 0.480 e. The van der Waals surface area contributed by atoms with Crippen LogP contribution in [0.4, 0.5) is 0 Å². The number of para-hydroxylation sites is 1. The quantitative estimate of drug-likeness (QED) is 0.263. The standard InChI is InChI=1S/C31H30Cl2N2O3/c1-31(16-14-28-24(18-31)22-10-5-6-13-27(22)35(28)20-29(36)37)30(38)34(19-21-8-3-2-4-9-21)17-15-23-25(32)11-7-12-26(23)33/h2-13H,14-20H2,1H3,(H,36,37). The summed E-state index contributed by atoms with van der Waals surface area (Å²) in [5, 5.41) is 11.8. The van der Waals surface area contributed by atoms with Gasteiger partial charge >= 0.3 is 5.97 Å². The van der Waals surface area contributed by atoms with Gasteiger partial charge in [-0.1, -0.05) is 84.7 Å². The fourth-order valence-electron chi connectivity index (χ4n) is 5.74. The SMILES string of the molecule is CC1(C(=O)N(CCc2c(Cl)cccc2Cl)Cc2ccccc2)CCc2c(c3ccccc3n2CC(=O)O)C1. The van der Waals surface area contributed by atoms with Gasteiger partial charge in [0.1, 0.15) is 6.54 Å². The number of carbonyl (C=O) groups is 2. The minimum atomic E-state index is -0.870. The highest BCUT2D eigenvalue weighted by atomic mass is 35.5. The number of carbonyl (C=O) groups excluding carboxylic acids is 1. The molecular formula is C31H30Cl2N2O3. The molecule has 1 aromatic heterocycles. The molecule has 4 aromatic rings. The molecule has 1 heterocycles. The summed E-state index contributed by atoms with van der Waals surface area (Å²) in [5.74, 6) is -0.782. The van der Waals surface area contributed by atoms with Crippen LogP contribution in [0.15, 0.2) is 72.8 Å². The number of amides is 1. The van der Waals surface area contributed by atoms with Crippen molar-refractivity contribution in [1.29, 1.82) is 0 Å². The Balaban J connectivity index is 1.47. The van der Waals surface area contributed by atoms with Gasteiger partial charge in [-0.3, -0.25) is 9.59 Å². The van der Waals surface area contributed by atoms with Gasteiger partial charge in [-0.15, -0.1) is 0 Å². The molecule has 1 amide bonds. The van der Waals surface area contributed by atoms with E-state index >= 15 is 0 Å². The lowest BCUT2D eigenvalue weighted by Gasteiger charge is -2.38. The zero-order chi connectivity index (χ0) is 26.9. The van der Waals surface area contributed by atoms with Crippen molar-refractivity contribution in [3.8, 4) is 0 Å². The van der Waals surface area contributed by atoms with E-state index < -0.39 is 11.4 Å². The normalized spacial score (nSPS) is 16.8. The van der Waals surface area contributed by atoms with Crippen LogP contribution in [0.3, 0.4) is 0 Å². The number of fused-ring (bicyclic) bond motifs is 3. The fraction of sp³-hybridized carbons (Fsp3) is 0.290. The number of aliphatic carboxylic acids is 1. The molecule has 1 aliphatic rings. The summed E-state index contributed by atoms with van der Waals surface area (Å²) < 4.78 is 1.90. The molecule has 5 nitrogen and oxygen atoms in total. The van der Waals surface area contributed by atoms with E-state index in [-0.39, 0.29) is 12.5 Å². The average Bonchev–Trinajstić information content (AvgIpc) is 3.20. The molecule has 0 fully saturated rings. The van der Waals surface area contributed by atoms with Crippen molar-refractivity contribution >= 4 is 46.0 Å². The average molecular weight is 549 g/mol. The topological polar surface area (TPSA) is 62.5 Å². The van der Waals surface area contributed by atoms with E-state index in [4.69, 9.17) is 23.2 Å². The van der Waals surface area contributed by atoms with Crippen molar-refractivity contribution in [3.05, 3.63) is 105 Å². The highest BCUT2D eigenvalue weighted by molar-refractivity contribution is 6.36. The van der Waals surface area contributed by atoms with Crippen LogP contribution in [-0.2, 0) is 41.9 Å². The summed E-state index contributed by atoms with van der Waals surface area (Å²) in [6.45, 7) is 2.94. The Morgan fingerprint density at radius 3 is 2.37 bits per heavy atom. The number of benzene rings is 3. The Morgan fingerprint density at radius 2 is 1.66 bits per heavy atom. The van der Waals surface area contributed by atoms with E-state index in [9.17, 15) is 14.7 Å². The number of nitrogens with zero attached hydrogens (tertiary/aromatic N) is 2. The van der Waals surface area contributed by atoms with Crippen LogP contribution in [0.25, 0.3) is 10.9 Å². The Labute approximate surface area is 232 Å². The summed E-state index contributed by atoms with van der Waals surface area (Å²) in [5.41, 5.74) is 4.29. The highest BCUT2D eigenvalue weighted by Crippen LogP contribution is 2.42. The van der Waals surface area contributed by atoms with E-state index in [0.717, 1.165) is 33.3 Å². The molecule has 0 saturated carbocycles. The second kappa shape index (κ2) is 10.8. The van der Waals surface area contributed by atoms with Crippen molar-refractivity contribution in [3.63, 3.8) is 0 Å². The molecule has 1 atom stereocenters. The first kappa shape index (κ1) is 26.3. The smallest absolute Gasteiger partial charge is 0.323 e. The minimum Gasteiger partial charge on any atom is -0.480 e. The maximum Gasteiger partial charge on any atom is 0.323 e. The Morgan fingerprint density at radius 1 is 0.974 bits per heavy atom. The van der Waals surface area contributed by atoms with E-state index in [1.54, 1.807) is 0 Å². The van der Waals surface area contributed by atoms with Gasteiger partial charge in [0.25, 0.3) is 0 Å². The molecule has 0 radical (unpaired) electrons. The molecule has 1 unspecified atom stereocenters. The lowest BCUT2D eigenvalue weighted by atomic mass is 9.73. The van der Waals surface area contributed by atoms with E-state index in [0.29, 0.717) is 48.8 Å². The van der Waals surface area contributed by atoms with Crippen LogP contribution < -0.4 is 0 Å². The zero-order valence-electron chi connectivity index (χ0n) is 21.3. The van der Waals surface area contributed by atoms with Gasteiger partial charge in [-0.2, -0.15) is 0 Å². The van der Waals surface area contributed by atoms with Crippen LogP contribution in [0.5, 0.6) is 0 Å². The maximum atomic E-state index is 14.3. The zero-order valence-corrected chi connectivity index (χ0v) is 22.8. The van der Waals surface area contributed by atoms with Crippen molar-refractivity contribution in [2.75, 3.05) is 6.54 Å². The van der Waals surface area contributed by atoms with Crippen molar-refractivity contribution < 1.29 is 14.7 Å². The van der Waals surface area contributed by atoms with E-state index in [1.807, 2.05) is 89.2 Å². The van der Waals surface area contributed by atoms with Crippen LogP contribution in [0, 0.1) is 5.41 Å². The molecule has 3 aromatic carbocycles. The first-order chi connectivity index (χ1) is 18.3. The third kappa shape index (κ3) is 5.18. The third-order valence-corrected chi connectivity index (χ3v) is 8.39. The molecule has 1 N–H and O–H groups in total. The Hall–Kier alpha value is -3.28. The summed E-state index contributed by atoms with van der Waals surface area (Å²) in [6.07, 6.45) is 2.41. The van der Waals surface area contributed by atoms with Gasteiger partial charge in [-0.25, -0.2) is 0 Å². The van der Waals surface area contributed by atoms with Gasteiger partial charge in [0.15, 0.2) is 0 Å². The van der Waals surface area contributed by atoms with Gasteiger partial charge < -0.3 is 14.6 Å². The van der Waals surface area contributed by atoms with Crippen molar-refractivity contribution in [2.24, 2.45) is 5.41 Å². The van der Waals surface area contributed by atoms with Crippen LogP contribution in [0.1, 0.15) is 35.7 Å². The van der Waals surface area contributed by atoms with Gasteiger partial charge in [0.2, 0.25) is 5.91 Å². The van der Waals surface area contributed by atoms with Gasteiger partial charge in [0.05, 0.1) is 5.41 Å². The summed E-state index contributed by atoms with van der Waals surface area (Å²) in [4.78, 5) is 27.9. The molecule has 7 heteroatoms. The second-order valence-corrected chi connectivity index (χ2v) is 11.1. The number of hydrogen-bond acceptors (Lipinski definition) is 2. The molecule has 0 aliphatic heterocycles. The van der Waals surface area contributed by atoms with Gasteiger partial charge in [0, 0.05) is 39.7 Å². The molecule has 1 aliphatic carbocycles. The molecule has 5 rings (SSSR count). The monoisotopic (exact) mass is 548 g/mol. The number of carboxylic acids is 1. The number of hydrogen-bond donors (Lipinski definition) is 1. The molecule has 0 saturated heterocycles. The van der Waals surface area contributed by atoms with Crippen LogP contribution in [-0.4, -0.2) is 33.0 Å². The van der Waals surface area contributed by atoms with Gasteiger partial charge in [-0.05, 0) is 60.6 Å². The van der Waals surface area contributed by atoms with Crippen LogP contribution in [0.2, 0.25) is 10.0 Å². The maximum absolute atomic E-state index is 14.3. The van der Waals surface area contributed by atoms with Crippen molar-refractivity contribution in [1.82, 2.24) is 9.47 Å². The summed E-state index contributed by atoms with van der Waals surface area (Å²) in [7, 11) is 0. The highest BCUT2D eigenvalue weighted by Gasteiger charge is 2.41. The molecule has 196 valence electrons. The van der Waals surface area contributed by atoms with Crippen LogP contribution >= 0.6 is 23.2 Å². The predicted molar refractivity (Wildman–Crippen MR) is 152 cm³/mol.